The fourth-order valence-electron chi connectivity index (χ4n) is 1.73. The quantitative estimate of drug-likeness (QED) is 0.519. The fraction of sp³-hybridized carbons (Fsp3) is 1.00. The van der Waals surface area contributed by atoms with E-state index in [1.165, 1.54) is 51.5 Å². The molecular weight excluding hydrogens is 184 g/mol. The maximum atomic E-state index is 5.64. The van der Waals surface area contributed by atoms with E-state index in [2.05, 4.69) is 19.2 Å². The van der Waals surface area contributed by atoms with Gasteiger partial charge in [-0.2, -0.15) is 0 Å². The summed E-state index contributed by atoms with van der Waals surface area (Å²) in [4.78, 5) is 0. The molecule has 1 unspecified atom stereocenters. The van der Waals surface area contributed by atoms with Gasteiger partial charge < -0.3 is 11.1 Å². The van der Waals surface area contributed by atoms with Crippen molar-refractivity contribution in [2.24, 2.45) is 11.7 Å². The van der Waals surface area contributed by atoms with Crippen molar-refractivity contribution in [3.05, 3.63) is 0 Å². The van der Waals surface area contributed by atoms with Crippen molar-refractivity contribution in [2.45, 2.75) is 58.8 Å². The number of unbranched alkanes of at least 4 members (excludes halogenated alkanes) is 5. The van der Waals surface area contributed by atoms with E-state index in [9.17, 15) is 0 Å². The lowest BCUT2D eigenvalue weighted by atomic mass is 10.1. The van der Waals surface area contributed by atoms with Crippen LogP contribution in [0.3, 0.4) is 0 Å². The molecule has 0 aliphatic rings. The molecule has 0 spiro atoms. The van der Waals surface area contributed by atoms with E-state index in [-0.39, 0.29) is 0 Å². The van der Waals surface area contributed by atoms with Gasteiger partial charge in [-0.05, 0) is 32.0 Å². The van der Waals surface area contributed by atoms with Crippen LogP contribution in [0.5, 0.6) is 0 Å². The molecule has 2 nitrogen and oxygen atoms in total. The van der Waals surface area contributed by atoms with Crippen molar-refractivity contribution in [3.63, 3.8) is 0 Å². The Kier molecular flexibility index (Phi) is 11.9. The fourth-order valence-corrected chi connectivity index (χ4v) is 1.73. The lowest BCUT2D eigenvalue weighted by molar-refractivity contribution is 0.462. The summed E-state index contributed by atoms with van der Waals surface area (Å²) in [6.45, 7) is 7.56. The van der Waals surface area contributed by atoms with Crippen LogP contribution < -0.4 is 11.1 Å². The summed E-state index contributed by atoms with van der Waals surface area (Å²) in [6.07, 6.45) is 9.46. The van der Waals surface area contributed by atoms with Crippen LogP contribution in [-0.2, 0) is 0 Å². The first kappa shape index (κ1) is 14.9. The number of nitrogens with one attached hydrogen (secondary N) is 1. The predicted molar refractivity (Wildman–Crippen MR) is 69.1 cm³/mol. The monoisotopic (exact) mass is 214 g/mol. The van der Waals surface area contributed by atoms with Crippen molar-refractivity contribution >= 4 is 0 Å². The molecule has 0 aromatic carbocycles. The molecule has 0 saturated heterocycles. The summed E-state index contributed by atoms with van der Waals surface area (Å²) in [5.41, 5.74) is 5.64. The molecule has 0 rings (SSSR count). The molecule has 0 amide bonds. The van der Waals surface area contributed by atoms with E-state index >= 15 is 0 Å². The molecule has 2 heteroatoms. The van der Waals surface area contributed by atoms with Crippen LogP contribution in [0.2, 0.25) is 0 Å². The number of nitrogens with two attached hydrogens (primary N) is 1. The van der Waals surface area contributed by atoms with E-state index in [0.717, 1.165) is 13.1 Å². The van der Waals surface area contributed by atoms with Crippen molar-refractivity contribution in [3.8, 4) is 0 Å². The van der Waals surface area contributed by atoms with E-state index < -0.39 is 0 Å². The Morgan fingerprint density at radius 2 is 1.67 bits per heavy atom. The van der Waals surface area contributed by atoms with Gasteiger partial charge in [0.25, 0.3) is 0 Å². The number of hydrogen-bond donors (Lipinski definition) is 2. The Hall–Kier alpha value is -0.0800. The second-order valence-electron chi connectivity index (χ2n) is 4.48. The van der Waals surface area contributed by atoms with Gasteiger partial charge in [0.15, 0.2) is 0 Å². The SMILES string of the molecule is CCCCCCCCNCC(CC)CN. The topological polar surface area (TPSA) is 38.0 Å². The highest BCUT2D eigenvalue weighted by Crippen LogP contribution is 2.04. The maximum Gasteiger partial charge on any atom is -0.000856 e. The van der Waals surface area contributed by atoms with Crippen molar-refractivity contribution in [1.29, 1.82) is 0 Å². The summed E-state index contributed by atoms with van der Waals surface area (Å²) in [7, 11) is 0. The summed E-state index contributed by atoms with van der Waals surface area (Å²) in [5.74, 6) is 0.671. The molecule has 0 bridgehead atoms. The van der Waals surface area contributed by atoms with E-state index in [1.54, 1.807) is 0 Å². The zero-order valence-corrected chi connectivity index (χ0v) is 10.7. The number of hydrogen-bond acceptors (Lipinski definition) is 2. The van der Waals surface area contributed by atoms with Gasteiger partial charge in [-0.3, -0.25) is 0 Å². The smallest absolute Gasteiger partial charge is 0.000856 e. The van der Waals surface area contributed by atoms with Crippen molar-refractivity contribution in [1.82, 2.24) is 5.32 Å². The highest BCUT2D eigenvalue weighted by Gasteiger charge is 2.01. The van der Waals surface area contributed by atoms with Gasteiger partial charge in [-0.25, -0.2) is 0 Å². The summed E-state index contributed by atoms with van der Waals surface area (Å²) >= 11 is 0. The highest BCUT2D eigenvalue weighted by molar-refractivity contribution is 4.60. The van der Waals surface area contributed by atoms with Crippen LogP contribution in [0, 0.1) is 5.92 Å². The zero-order valence-electron chi connectivity index (χ0n) is 10.7. The van der Waals surface area contributed by atoms with E-state index in [4.69, 9.17) is 5.73 Å². The van der Waals surface area contributed by atoms with Crippen molar-refractivity contribution in [2.75, 3.05) is 19.6 Å². The third-order valence-electron chi connectivity index (χ3n) is 3.05. The largest absolute Gasteiger partial charge is 0.330 e. The van der Waals surface area contributed by atoms with E-state index in [0.29, 0.717) is 5.92 Å². The van der Waals surface area contributed by atoms with Crippen LogP contribution in [0.15, 0.2) is 0 Å². The van der Waals surface area contributed by atoms with Crippen LogP contribution in [-0.4, -0.2) is 19.6 Å². The molecule has 1 atom stereocenters. The molecule has 15 heavy (non-hydrogen) atoms. The molecule has 0 saturated carbocycles. The molecule has 0 aliphatic carbocycles. The molecule has 0 fully saturated rings. The molecule has 0 radical (unpaired) electrons. The molecule has 3 N–H and O–H groups in total. The first-order chi connectivity index (χ1) is 7.35. The summed E-state index contributed by atoms with van der Waals surface area (Å²) in [6, 6.07) is 0. The van der Waals surface area contributed by atoms with E-state index in [1.807, 2.05) is 0 Å². The van der Waals surface area contributed by atoms with Crippen LogP contribution in [0.25, 0.3) is 0 Å². The summed E-state index contributed by atoms with van der Waals surface area (Å²) < 4.78 is 0. The Bertz CT molecular complexity index is 111. The summed E-state index contributed by atoms with van der Waals surface area (Å²) in [5, 5.41) is 3.50. The van der Waals surface area contributed by atoms with Crippen LogP contribution in [0.1, 0.15) is 58.8 Å². The van der Waals surface area contributed by atoms with Crippen LogP contribution >= 0.6 is 0 Å². The van der Waals surface area contributed by atoms with Gasteiger partial charge in [0.1, 0.15) is 0 Å². The zero-order chi connectivity index (χ0) is 11.4. The Labute approximate surface area is 96.0 Å². The van der Waals surface area contributed by atoms with Gasteiger partial charge in [-0.1, -0.05) is 52.4 Å². The molecule has 0 heterocycles. The van der Waals surface area contributed by atoms with Gasteiger partial charge in [0.05, 0.1) is 0 Å². The minimum atomic E-state index is 0.671. The molecule has 0 aromatic heterocycles. The Morgan fingerprint density at radius 3 is 2.27 bits per heavy atom. The van der Waals surface area contributed by atoms with Gasteiger partial charge in [0, 0.05) is 0 Å². The third-order valence-corrected chi connectivity index (χ3v) is 3.05. The lowest BCUT2D eigenvalue weighted by Crippen LogP contribution is -2.28. The predicted octanol–water partition coefficient (Wildman–Crippen LogP) is 2.92. The maximum absolute atomic E-state index is 5.64. The second-order valence-corrected chi connectivity index (χ2v) is 4.48. The lowest BCUT2D eigenvalue weighted by Gasteiger charge is -2.12. The Balaban J connectivity index is 3.04. The second kappa shape index (κ2) is 12.0. The van der Waals surface area contributed by atoms with Gasteiger partial charge in [0.2, 0.25) is 0 Å². The number of rotatable bonds is 11. The minimum Gasteiger partial charge on any atom is -0.330 e. The van der Waals surface area contributed by atoms with Gasteiger partial charge >= 0.3 is 0 Å². The minimum absolute atomic E-state index is 0.671. The molecular formula is C13H30N2. The molecule has 92 valence electrons. The van der Waals surface area contributed by atoms with Crippen LogP contribution in [0.4, 0.5) is 0 Å². The standard InChI is InChI=1S/C13H30N2/c1-3-5-6-7-8-9-10-15-12-13(4-2)11-14/h13,15H,3-12,14H2,1-2H3. The molecule has 0 aliphatic heterocycles. The Morgan fingerprint density at radius 1 is 1.00 bits per heavy atom. The average molecular weight is 214 g/mol. The third kappa shape index (κ3) is 10.2. The normalized spacial score (nSPS) is 13.0. The first-order valence-corrected chi connectivity index (χ1v) is 6.75. The first-order valence-electron chi connectivity index (χ1n) is 6.75. The van der Waals surface area contributed by atoms with Crippen molar-refractivity contribution < 1.29 is 0 Å². The highest BCUT2D eigenvalue weighted by atomic mass is 14.9. The molecule has 0 aromatic rings. The van der Waals surface area contributed by atoms with Gasteiger partial charge in [-0.15, -0.1) is 0 Å². The average Bonchev–Trinajstić information content (AvgIpc) is 2.27.